The van der Waals surface area contributed by atoms with E-state index in [4.69, 9.17) is 16.3 Å². The summed E-state index contributed by atoms with van der Waals surface area (Å²) in [5.41, 5.74) is 3.90. The number of alkyl halides is 1. The van der Waals surface area contributed by atoms with Crippen LogP contribution in [0, 0.1) is 13.8 Å². The Hall–Kier alpha value is -2.44. The summed E-state index contributed by atoms with van der Waals surface area (Å²) in [6.45, 7) is 7.00. The Bertz CT molecular complexity index is 958. The van der Waals surface area contributed by atoms with Gasteiger partial charge in [0.1, 0.15) is 11.1 Å². The number of rotatable bonds is 7. The van der Waals surface area contributed by atoms with Gasteiger partial charge in [-0.05, 0) is 49.6 Å². The van der Waals surface area contributed by atoms with Gasteiger partial charge in [-0.1, -0.05) is 30.3 Å². The van der Waals surface area contributed by atoms with Crippen LogP contribution < -0.4 is 4.74 Å². The predicted molar refractivity (Wildman–Crippen MR) is 116 cm³/mol. The Labute approximate surface area is 174 Å². The normalized spacial score (nSPS) is 12.3. The number of aliphatic imine (C=N–C) groups is 1. The van der Waals surface area contributed by atoms with E-state index in [-0.39, 0.29) is 0 Å². The van der Waals surface area contributed by atoms with E-state index in [1.165, 1.54) is 11.5 Å². The minimum atomic E-state index is -0.398. The van der Waals surface area contributed by atoms with Crippen LogP contribution in [-0.2, 0) is 0 Å². The summed E-state index contributed by atoms with van der Waals surface area (Å²) >= 11 is 7.70. The summed E-state index contributed by atoms with van der Waals surface area (Å²) in [6.07, 6.45) is 1.84. The van der Waals surface area contributed by atoms with Gasteiger partial charge in [-0.2, -0.15) is 9.36 Å². The lowest BCUT2D eigenvalue weighted by Crippen LogP contribution is -2.14. The van der Waals surface area contributed by atoms with Gasteiger partial charge in [-0.15, -0.1) is 11.6 Å². The van der Waals surface area contributed by atoms with Crippen LogP contribution in [0.2, 0.25) is 0 Å². The third kappa shape index (κ3) is 4.88. The van der Waals surface area contributed by atoms with E-state index in [0.717, 1.165) is 34.7 Å². The molecule has 0 aliphatic rings. The van der Waals surface area contributed by atoms with Gasteiger partial charge in [0.25, 0.3) is 5.19 Å². The number of nitrogens with zero attached hydrogens (tertiary/aromatic N) is 4. The first kappa shape index (κ1) is 20.3. The van der Waals surface area contributed by atoms with Gasteiger partial charge in [-0.3, -0.25) is 0 Å². The van der Waals surface area contributed by atoms with E-state index in [0.29, 0.717) is 11.0 Å². The number of ether oxygens (including phenoxy) is 1. The molecule has 0 saturated heterocycles. The van der Waals surface area contributed by atoms with Gasteiger partial charge in [0.15, 0.2) is 5.82 Å². The summed E-state index contributed by atoms with van der Waals surface area (Å²) < 4.78 is 10.3. The van der Waals surface area contributed by atoms with Crippen molar-refractivity contribution in [2.45, 2.75) is 26.1 Å². The molecule has 0 N–H and O–H groups in total. The van der Waals surface area contributed by atoms with Crippen LogP contribution in [0.25, 0.3) is 0 Å². The molecule has 0 saturated carbocycles. The first-order chi connectivity index (χ1) is 13.5. The average Bonchev–Trinajstić information content (AvgIpc) is 3.17. The molecular formula is C21H23ClN4OS. The molecule has 146 valence electrons. The zero-order chi connectivity index (χ0) is 20.1. The topological polar surface area (TPSA) is 50.6 Å². The molecule has 28 heavy (non-hydrogen) atoms. The molecule has 0 amide bonds. The molecule has 1 unspecified atom stereocenters. The average molecular weight is 415 g/mol. The fraction of sp³-hybridized carbons (Fsp3) is 0.286. The Morgan fingerprint density at radius 2 is 1.96 bits per heavy atom. The van der Waals surface area contributed by atoms with Crippen molar-refractivity contribution in [2.75, 3.05) is 13.6 Å². The Balaban J connectivity index is 1.76. The van der Waals surface area contributed by atoms with Gasteiger partial charge < -0.3 is 9.64 Å². The summed E-state index contributed by atoms with van der Waals surface area (Å²) in [5, 5.41) is 0.0750. The second-order valence-electron chi connectivity index (χ2n) is 6.52. The molecule has 0 spiro atoms. The molecule has 1 heterocycles. The highest BCUT2D eigenvalue weighted by Crippen LogP contribution is 2.34. The Kier molecular flexibility index (Phi) is 6.65. The van der Waals surface area contributed by atoms with E-state index in [1.54, 1.807) is 0 Å². The van der Waals surface area contributed by atoms with Crippen LogP contribution >= 0.6 is 23.1 Å². The van der Waals surface area contributed by atoms with Crippen molar-refractivity contribution < 1.29 is 4.74 Å². The molecule has 0 aliphatic carbocycles. The molecule has 3 aromatic rings. The highest BCUT2D eigenvalue weighted by atomic mass is 35.5. The van der Waals surface area contributed by atoms with E-state index in [2.05, 4.69) is 21.3 Å². The van der Waals surface area contributed by atoms with Crippen LogP contribution in [0.4, 0.5) is 5.69 Å². The van der Waals surface area contributed by atoms with E-state index < -0.39 is 5.38 Å². The van der Waals surface area contributed by atoms with Gasteiger partial charge in [0.2, 0.25) is 0 Å². The third-order valence-electron chi connectivity index (χ3n) is 4.33. The van der Waals surface area contributed by atoms with Crippen molar-refractivity contribution in [3.05, 3.63) is 65.0 Å². The molecule has 1 atom stereocenters. The van der Waals surface area contributed by atoms with Crippen LogP contribution in [0.5, 0.6) is 10.9 Å². The minimum Gasteiger partial charge on any atom is -0.430 e. The summed E-state index contributed by atoms with van der Waals surface area (Å²) in [7, 11) is 2.00. The molecule has 0 radical (unpaired) electrons. The lowest BCUT2D eigenvalue weighted by atomic mass is 10.1. The quantitative estimate of drug-likeness (QED) is 0.275. The highest BCUT2D eigenvalue weighted by molar-refractivity contribution is 7.07. The molecule has 0 bridgehead atoms. The van der Waals surface area contributed by atoms with Crippen LogP contribution in [0.15, 0.2) is 47.5 Å². The number of aromatic nitrogens is 2. The van der Waals surface area contributed by atoms with Crippen LogP contribution in [0.3, 0.4) is 0 Å². The zero-order valence-corrected chi connectivity index (χ0v) is 18.0. The highest BCUT2D eigenvalue weighted by Gasteiger charge is 2.17. The van der Waals surface area contributed by atoms with Gasteiger partial charge >= 0.3 is 0 Å². The number of hydrogen-bond donors (Lipinski definition) is 0. The summed E-state index contributed by atoms with van der Waals surface area (Å²) in [4.78, 5) is 11.0. The van der Waals surface area contributed by atoms with E-state index in [1.807, 2.05) is 74.6 Å². The zero-order valence-electron chi connectivity index (χ0n) is 16.4. The first-order valence-electron chi connectivity index (χ1n) is 9.04. The molecule has 3 rings (SSSR count). The smallest absolute Gasteiger partial charge is 0.298 e. The lowest BCUT2D eigenvalue weighted by molar-refractivity contribution is 0.473. The summed E-state index contributed by atoms with van der Waals surface area (Å²) in [5.74, 6) is 1.29. The maximum Gasteiger partial charge on any atom is 0.298 e. The molecule has 1 aromatic heterocycles. The van der Waals surface area contributed by atoms with Crippen molar-refractivity contribution >= 4 is 35.2 Å². The van der Waals surface area contributed by atoms with Crippen molar-refractivity contribution in [3.63, 3.8) is 0 Å². The predicted octanol–water partition coefficient (Wildman–Crippen LogP) is 5.89. The van der Waals surface area contributed by atoms with Crippen molar-refractivity contribution in [1.82, 2.24) is 14.3 Å². The van der Waals surface area contributed by atoms with Gasteiger partial charge in [0, 0.05) is 25.1 Å². The van der Waals surface area contributed by atoms with Gasteiger partial charge in [0.05, 0.1) is 12.0 Å². The fourth-order valence-corrected chi connectivity index (χ4v) is 3.38. The van der Waals surface area contributed by atoms with Crippen molar-refractivity contribution in [3.8, 4) is 10.9 Å². The monoisotopic (exact) mass is 414 g/mol. The Morgan fingerprint density at radius 1 is 1.21 bits per heavy atom. The maximum absolute atomic E-state index is 6.50. The van der Waals surface area contributed by atoms with Crippen molar-refractivity contribution in [2.24, 2.45) is 4.99 Å². The van der Waals surface area contributed by atoms with Crippen molar-refractivity contribution in [1.29, 1.82) is 0 Å². The molecular weight excluding hydrogens is 392 g/mol. The molecule has 2 aromatic carbocycles. The summed E-state index contributed by atoms with van der Waals surface area (Å²) in [6, 6.07) is 13.8. The van der Waals surface area contributed by atoms with Crippen LogP contribution in [0.1, 0.15) is 34.8 Å². The Morgan fingerprint density at radius 3 is 2.68 bits per heavy atom. The van der Waals surface area contributed by atoms with Crippen LogP contribution in [-0.4, -0.2) is 34.2 Å². The molecule has 0 aliphatic heterocycles. The number of benzene rings is 2. The third-order valence-corrected chi connectivity index (χ3v) is 5.38. The SMILES string of the molecule is CCN(C)C=Nc1cc(C)c(Oc2nc(C(Cl)c3ccccc3)ns2)cc1C. The number of hydrogen-bond acceptors (Lipinski definition) is 5. The molecule has 7 heteroatoms. The first-order valence-corrected chi connectivity index (χ1v) is 10.2. The molecule has 5 nitrogen and oxygen atoms in total. The van der Waals surface area contributed by atoms with E-state index >= 15 is 0 Å². The number of aryl methyl sites for hydroxylation is 2. The largest absolute Gasteiger partial charge is 0.430 e. The maximum atomic E-state index is 6.50. The van der Waals surface area contributed by atoms with Gasteiger partial charge in [-0.25, -0.2) is 4.99 Å². The molecule has 0 fully saturated rings. The lowest BCUT2D eigenvalue weighted by Gasteiger charge is -2.11. The van der Waals surface area contributed by atoms with E-state index in [9.17, 15) is 0 Å². The minimum absolute atomic E-state index is 0.398. The fourth-order valence-electron chi connectivity index (χ4n) is 2.50. The standard InChI is InChI=1S/C21H23ClN4OS/c1-5-26(4)13-23-17-11-15(3)18(12-14(17)2)27-21-24-20(25-28-21)19(22)16-9-7-6-8-10-16/h6-13,19H,5H2,1-4H3. The second kappa shape index (κ2) is 9.17. The second-order valence-corrected chi connectivity index (χ2v) is 7.67. The number of halogens is 1.